The highest BCUT2D eigenvalue weighted by Crippen LogP contribution is 2.50. The quantitative estimate of drug-likeness (QED) is 0.524. The van der Waals surface area contributed by atoms with Gasteiger partial charge >= 0.3 is 5.97 Å². The Bertz CT molecular complexity index is 681. The van der Waals surface area contributed by atoms with Crippen LogP contribution in [0.3, 0.4) is 0 Å². The van der Waals surface area contributed by atoms with Gasteiger partial charge in [0.15, 0.2) is 0 Å². The lowest BCUT2D eigenvalue weighted by atomic mass is 9.56. The predicted molar refractivity (Wildman–Crippen MR) is 116 cm³/mol. The number of esters is 1. The van der Waals surface area contributed by atoms with Crippen LogP contribution in [0.25, 0.3) is 0 Å². The Kier molecular flexibility index (Phi) is 7.82. The zero-order chi connectivity index (χ0) is 20.6. The molecule has 28 heavy (non-hydrogen) atoms. The number of ether oxygens (including phenoxy) is 1. The maximum Gasteiger partial charge on any atom is 0.312 e. The monoisotopic (exact) mass is 381 g/mol. The van der Waals surface area contributed by atoms with E-state index in [4.69, 9.17) is 4.74 Å². The third-order valence-electron chi connectivity index (χ3n) is 6.08. The smallest absolute Gasteiger partial charge is 0.312 e. The average Bonchev–Trinajstić information content (AvgIpc) is 2.73. The molecule has 0 aromatic heterocycles. The Morgan fingerprint density at radius 3 is 1.71 bits per heavy atom. The van der Waals surface area contributed by atoms with Crippen molar-refractivity contribution in [3.63, 3.8) is 0 Å². The molecule has 0 N–H and O–H groups in total. The molecule has 3 nitrogen and oxygen atoms in total. The van der Waals surface area contributed by atoms with Crippen molar-refractivity contribution in [1.29, 1.82) is 0 Å². The maximum atomic E-state index is 13.2. The zero-order valence-corrected chi connectivity index (χ0v) is 18.1. The van der Waals surface area contributed by atoms with E-state index in [1.165, 1.54) is 0 Å². The molecule has 0 radical (unpaired) electrons. The molecule has 0 fully saturated rings. The fraction of sp³-hybridized carbons (Fsp3) is 0.480. The van der Waals surface area contributed by atoms with Crippen molar-refractivity contribution in [2.75, 3.05) is 26.2 Å². The highest BCUT2D eigenvalue weighted by atomic mass is 16.5. The molecule has 0 heterocycles. The van der Waals surface area contributed by atoms with Gasteiger partial charge in [-0.05, 0) is 58.0 Å². The van der Waals surface area contributed by atoms with Crippen molar-refractivity contribution in [3.8, 4) is 0 Å². The topological polar surface area (TPSA) is 29.5 Å². The Balaban J connectivity index is 2.70. The minimum Gasteiger partial charge on any atom is -0.466 e. The molecule has 0 spiro atoms. The molecule has 0 aliphatic rings. The first-order valence-electron chi connectivity index (χ1n) is 10.4. The first-order valence-corrected chi connectivity index (χ1v) is 10.4. The van der Waals surface area contributed by atoms with Crippen molar-refractivity contribution in [3.05, 3.63) is 71.8 Å². The summed E-state index contributed by atoms with van der Waals surface area (Å²) in [4.78, 5) is 15.6. The first-order chi connectivity index (χ1) is 13.4. The van der Waals surface area contributed by atoms with Gasteiger partial charge in [0.2, 0.25) is 0 Å². The second kappa shape index (κ2) is 9.88. The number of benzene rings is 2. The molecule has 0 aliphatic carbocycles. The van der Waals surface area contributed by atoms with Crippen molar-refractivity contribution in [1.82, 2.24) is 4.90 Å². The van der Waals surface area contributed by atoms with E-state index < -0.39 is 10.8 Å². The normalized spacial score (nSPS) is 12.2. The molecule has 0 saturated carbocycles. The van der Waals surface area contributed by atoms with Gasteiger partial charge in [-0.3, -0.25) is 4.79 Å². The van der Waals surface area contributed by atoms with Gasteiger partial charge in [0.05, 0.1) is 12.0 Å². The summed E-state index contributed by atoms with van der Waals surface area (Å²) < 4.78 is 5.56. The van der Waals surface area contributed by atoms with Crippen molar-refractivity contribution in [2.24, 2.45) is 5.41 Å². The largest absolute Gasteiger partial charge is 0.466 e. The lowest BCUT2D eigenvalue weighted by Gasteiger charge is -2.47. The average molecular weight is 382 g/mol. The van der Waals surface area contributed by atoms with Crippen LogP contribution in [-0.2, 0) is 14.9 Å². The highest BCUT2D eigenvalue weighted by molar-refractivity contribution is 5.80. The minimum absolute atomic E-state index is 0.151. The zero-order valence-electron chi connectivity index (χ0n) is 18.1. The molecule has 0 saturated heterocycles. The van der Waals surface area contributed by atoms with E-state index in [0.717, 1.165) is 37.2 Å². The highest BCUT2D eigenvalue weighted by Gasteiger charge is 2.52. The third kappa shape index (κ3) is 4.30. The van der Waals surface area contributed by atoms with Gasteiger partial charge in [-0.2, -0.15) is 0 Å². The first kappa shape index (κ1) is 22.2. The summed E-state index contributed by atoms with van der Waals surface area (Å²) in [6, 6.07) is 20.9. The van der Waals surface area contributed by atoms with Crippen LogP contribution < -0.4 is 0 Å². The number of carbonyl (C=O) groups is 1. The summed E-state index contributed by atoms with van der Waals surface area (Å²) in [5, 5.41) is 0. The van der Waals surface area contributed by atoms with E-state index in [1.807, 2.05) is 32.9 Å². The van der Waals surface area contributed by atoms with Crippen molar-refractivity contribution < 1.29 is 9.53 Å². The van der Waals surface area contributed by atoms with Crippen LogP contribution in [0.1, 0.15) is 52.2 Å². The second-order valence-corrected chi connectivity index (χ2v) is 7.76. The van der Waals surface area contributed by atoms with E-state index in [0.29, 0.717) is 6.61 Å². The number of carbonyl (C=O) groups excluding carboxylic acids is 1. The number of rotatable bonds is 10. The summed E-state index contributed by atoms with van der Waals surface area (Å²) in [5.41, 5.74) is 1.11. The van der Waals surface area contributed by atoms with Crippen LogP contribution >= 0.6 is 0 Å². The molecule has 0 bridgehead atoms. The molecule has 152 valence electrons. The Morgan fingerprint density at radius 2 is 1.32 bits per heavy atom. The molecule has 0 aliphatic heterocycles. The molecule has 0 unspecified atom stereocenters. The molecule has 0 atom stereocenters. The number of hydrogen-bond acceptors (Lipinski definition) is 3. The molecule has 2 rings (SSSR count). The summed E-state index contributed by atoms with van der Waals surface area (Å²) in [6.07, 6.45) is 0.842. The lowest BCUT2D eigenvalue weighted by molar-refractivity contribution is -0.157. The van der Waals surface area contributed by atoms with Gasteiger partial charge in [-0.25, -0.2) is 0 Å². The van der Waals surface area contributed by atoms with Crippen molar-refractivity contribution in [2.45, 2.75) is 46.5 Å². The summed E-state index contributed by atoms with van der Waals surface area (Å²) >= 11 is 0. The summed E-state index contributed by atoms with van der Waals surface area (Å²) in [5.74, 6) is -0.151. The molecule has 2 aromatic carbocycles. The molecule has 3 heteroatoms. The minimum atomic E-state index is -0.723. The second-order valence-electron chi connectivity index (χ2n) is 7.76. The summed E-state index contributed by atoms with van der Waals surface area (Å²) in [6.45, 7) is 13.6. The standard InChI is InChI=1S/C25H35NO2/c1-6-26(7-2)20-19-25(21-15-11-9-12-16-21,22-17-13-10-14-18-22)24(4,5)23(27)28-8-3/h9-18H,6-8,19-20H2,1-5H3. The van der Waals surface area contributed by atoms with E-state index in [1.54, 1.807) is 0 Å². The van der Waals surface area contributed by atoms with Gasteiger partial charge in [0.1, 0.15) is 0 Å². The molecular weight excluding hydrogens is 346 g/mol. The molecular formula is C25H35NO2. The van der Waals surface area contributed by atoms with Crippen LogP contribution in [0, 0.1) is 5.41 Å². The Hall–Kier alpha value is -2.13. The van der Waals surface area contributed by atoms with E-state index >= 15 is 0 Å². The van der Waals surface area contributed by atoms with Gasteiger partial charge < -0.3 is 9.64 Å². The predicted octanol–water partition coefficient (Wildman–Crippen LogP) is 5.29. The summed E-state index contributed by atoms with van der Waals surface area (Å²) in [7, 11) is 0. The maximum absolute atomic E-state index is 13.2. The van der Waals surface area contributed by atoms with Crippen molar-refractivity contribution >= 4 is 5.97 Å². The van der Waals surface area contributed by atoms with Gasteiger partial charge in [0.25, 0.3) is 0 Å². The van der Waals surface area contributed by atoms with Crippen LogP contribution in [-0.4, -0.2) is 37.1 Å². The van der Waals surface area contributed by atoms with E-state index in [-0.39, 0.29) is 5.97 Å². The van der Waals surface area contributed by atoms with Gasteiger partial charge in [-0.15, -0.1) is 0 Å². The van der Waals surface area contributed by atoms with E-state index in [2.05, 4.69) is 67.3 Å². The van der Waals surface area contributed by atoms with Crippen LogP contribution in [0.4, 0.5) is 0 Å². The van der Waals surface area contributed by atoms with Gasteiger partial charge in [-0.1, -0.05) is 74.5 Å². The Morgan fingerprint density at radius 1 is 0.857 bits per heavy atom. The van der Waals surface area contributed by atoms with Gasteiger partial charge in [0, 0.05) is 5.41 Å². The fourth-order valence-corrected chi connectivity index (χ4v) is 4.29. The molecule has 0 amide bonds. The third-order valence-corrected chi connectivity index (χ3v) is 6.08. The van der Waals surface area contributed by atoms with E-state index in [9.17, 15) is 4.79 Å². The molecule has 2 aromatic rings. The Labute approximate surface area is 170 Å². The van der Waals surface area contributed by atoms with Crippen LogP contribution in [0.15, 0.2) is 60.7 Å². The number of nitrogens with zero attached hydrogens (tertiary/aromatic N) is 1. The fourth-order valence-electron chi connectivity index (χ4n) is 4.29. The SMILES string of the molecule is CCOC(=O)C(C)(C)C(CCN(CC)CC)(c1ccccc1)c1ccccc1. The van der Waals surface area contributed by atoms with Crippen LogP contribution in [0.5, 0.6) is 0 Å². The lowest BCUT2D eigenvalue weighted by Crippen LogP contribution is -2.50. The number of hydrogen-bond donors (Lipinski definition) is 0. The van der Waals surface area contributed by atoms with Crippen LogP contribution in [0.2, 0.25) is 0 Å².